The zero-order valence-electron chi connectivity index (χ0n) is 17.6. The highest BCUT2D eigenvalue weighted by molar-refractivity contribution is 6.02. The van der Waals surface area contributed by atoms with Gasteiger partial charge in [-0.3, -0.25) is 9.69 Å². The second kappa shape index (κ2) is 6.42. The Morgan fingerprint density at radius 3 is 2.38 bits per heavy atom. The smallest absolute Gasteiger partial charge is 0.338 e. The van der Waals surface area contributed by atoms with E-state index in [0.717, 1.165) is 16.8 Å². The van der Waals surface area contributed by atoms with Crippen molar-refractivity contribution in [2.24, 2.45) is 5.41 Å². The number of ether oxygens (including phenoxy) is 2. The van der Waals surface area contributed by atoms with E-state index in [0.29, 0.717) is 18.6 Å². The standard InChI is InChI=1S/C24H27NO4/c1-22(2,3)29-20(26)16-10-12-18(13-11-16)24-15-23(4,5)21(27)25(24)19-9-7-6-8-17(19)14-28-24/h6-13H,14-15H2,1-5H3. The summed E-state index contributed by atoms with van der Waals surface area (Å²) in [5.74, 6) is -0.322. The number of carbonyl (C=O) groups excluding carboxylic acids is 2. The van der Waals surface area contributed by atoms with Crippen LogP contribution in [0.3, 0.4) is 0 Å². The predicted molar refractivity (Wildman–Crippen MR) is 110 cm³/mol. The van der Waals surface area contributed by atoms with Crippen molar-refractivity contribution < 1.29 is 19.1 Å². The minimum Gasteiger partial charge on any atom is -0.456 e. The molecule has 4 rings (SSSR count). The first kappa shape index (κ1) is 19.6. The van der Waals surface area contributed by atoms with Crippen LogP contribution in [0.5, 0.6) is 0 Å². The van der Waals surface area contributed by atoms with Crippen LogP contribution in [0.2, 0.25) is 0 Å². The van der Waals surface area contributed by atoms with E-state index < -0.39 is 16.7 Å². The quantitative estimate of drug-likeness (QED) is 0.689. The summed E-state index contributed by atoms with van der Waals surface area (Å²) in [6, 6.07) is 15.1. The number of anilines is 1. The summed E-state index contributed by atoms with van der Waals surface area (Å²) in [4.78, 5) is 27.5. The normalized spacial score (nSPS) is 22.8. The van der Waals surface area contributed by atoms with E-state index in [2.05, 4.69) is 0 Å². The number of esters is 1. The lowest BCUT2D eigenvalue weighted by atomic mass is 9.85. The number of amides is 1. The van der Waals surface area contributed by atoms with Gasteiger partial charge in [0.15, 0.2) is 5.72 Å². The molecule has 5 nitrogen and oxygen atoms in total. The van der Waals surface area contributed by atoms with Crippen molar-refractivity contribution in [3.8, 4) is 0 Å². The van der Waals surface area contributed by atoms with Crippen molar-refractivity contribution in [3.05, 3.63) is 65.2 Å². The number of rotatable bonds is 2. The zero-order valence-corrected chi connectivity index (χ0v) is 17.6. The van der Waals surface area contributed by atoms with Crippen molar-refractivity contribution in [1.29, 1.82) is 0 Å². The third kappa shape index (κ3) is 3.23. The number of para-hydroxylation sites is 1. The van der Waals surface area contributed by atoms with Gasteiger partial charge < -0.3 is 9.47 Å². The van der Waals surface area contributed by atoms with E-state index in [-0.39, 0.29) is 11.9 Å². The molecule has 1 atom stereocenters. The van der Waals surface area contributed by atoms with Crippen LogP contribution in [0.1, 0.15) is 62.5 Å². The average Bonchev–Trinajstić information content (AvgIpc) is 2.87. The molecule has 0 aliphatic carbocycles. The van der Waals surface area contributed by atoms with Crippen LogP contribution in [0.25, 0.3) is 0 Å². The summed E-state index contributed by atoms with van der Waals surface area (Å²) < 4.78 is 11.8. The third-order valence-electron chi connectivity index (χ3n) is 5.49. The molecule has 29 heavy (non-hydrogen) atoms. The van der Waals surface area contributed by atoms with Gasteiger partial charge in [-0.15, -0.1) is 0 Å². The maximum Gasteiger partial charge on any atom is 0.338 e. The van der Waals surface area contributed by atoms with Crippen molar-refractivity contribution >= 4 is 17.6 Å². The monoisotopic (exact) mass is 393 g/mol. The summed E-state index contributed by atoms with van der Waals surface area (Å²) in [5, 5.41) is 0. The summed E-state index contributed by atoms with van der Waals surface area (Å²) in [6.07, 6.45) is 0.541. The molecule has 1 saturated heterocycles. The number of carbonyl (C=O) groups is 2. The van der Waals surface area contributed by atoms with E-state index in [1.165, 1.54) is 0 Å². The van der Waals surface area contributed by atoms with Gasteiger partial charge in [0, 0.05) is 23.0 Å². The Kier molecular flexibility index (Phi) is 4.35. The Hall–Kier alpha value is -2.66. The molecule has 1 unspecified atom stereocenters. The van der Waals surface area contributed by atoms with Crippen LogP contribution in [0.4, 0.5) is 5.69 Å². The SMILES string of the molecule is CC(C)(C)OC(=O)c1ccc(C23CC(C)(C)C(=O)N2c2ccccc2CO3)cc1. The van der Waals surface area contributed by atoms with E-state index in [9.17, 15) is 9.59 Å². The second-order valence-corrected chi connectivity index (χ2v) is 9.48. The molecular formula is C24H27NO4. The third-order valence-corrected chi connectivity index (χ3v) is 5.49. The summed E-state index contributed by atoms with van der Waals surface area (Å²) in [6.45, 7) is 9.87. The minimum absolute atomic E-state index is 0.0425. The molecular weight excluding hydrogens is 366 g/mol. The molecule has 2 aliphatic rings. The Labute approximate surface area is 171 Å². The van der Waals surface area contributed by atoms with E-state index in [4.69, 9.17) is 9.47 Å². The second-order valence-electron chi connectivity index (χ2n) is 9.48. The van der Waals surface area contributed by atoms with Gasteiger partial charge in [0.25, 0.3) is 0 Å². The Morgan fingerprint density at radius 2 is 1.72 bits per heavy atom. The molecule has 2 aromatic carbocycles. The van der Waals surface area contributed by atoms with Crippen molar-refractivity contribution in [2.45, 2.75) is 59.0 Å². The molecule has 2 aromatic rings. The summed E-state index contributed by atoms with van der Waals surface area (Å²) >= 11 is 0. The predicted octanol–water partition coefficient (Wildman–Crippen LogP) is 4.79. The first-order valence-electron chi connectivity index (χ1n) is 9.94. The van der Waals surface area contributed by atoms with Gasteiger partial charge >= 0.3 is 5.97 Å². The van der Waals surface area contributed by atoms with Crippen LogP contribution in [-0.4, -0.2) is 17.5 Å². The molecule has 1 fully saturated rings. The molecule has 1 amide bonds. The number of hydrogen-bond acceptors (Lipinski definition) is 4. The van der Waals surface area contributed by atoms with Gasteiger partial charge in [-0.1, -0.05) is 44.2 Å². The molecule has 0 spiro atoms. The first-order chi connectivity index (χ1) is 13.5. The molecule has 0 bridgehead atoms. The molecule has 152 valence electrons. The molecule has 0 aromatic heterocycles. The van der Waals surface area contributed by atoms with E-state index in [1.807, 2.05) is 71.0 Å². The molecule has 0 saturated carbocycles. The van der Waals surface area contributed by atoms with Crippen LogP contribution in [0.15, 0.2) is 48.5 Å². The highest BCUT2D eigenvalue weighted by atomic mass is 16.6. The lowest BCUT2D eigenvalue weighted by Gasteiger charge is -2.43. The highest BCUT2D eigenvalue weighted by Crippen LogP contribution is 2.54. The molecule has 2 aliphatic heterocycles. The fraction of sp³-hybridized carbons (Fsp3) is 0.417. The zero-order chi connectivity index (χ0) is 21.0. The maximum atomic E-state index is 13.3. The largest absolute Gasteiger partial charge is 0.456 e. The van der Waals surface area contributed by atoms with Crippen LogP contribution in [-0.2, 0) is 26.6 Å². The molecule has 2 heterocycles. The Bertz CT molecular complexity index is 971. The topological polar surface area (TPSA) is 55.8 Å². The maximum absolute atomic E-state index is 13.3. The van der Waals surface area contributed by atoms with Gasteiger partial charge in [0.1, 0.15) is 5.60 Å². The lowest BCUT2D eigenvalue weighted by Crippen LogP contribution is -2.48. The Morgan fingerprint density at radius 1 is 1.07 bits per heavy atom. The molecule has 0 radical (unpaired) electrons. The van der Waals surface area contributed by atoms with Gasteiger partial charge in [0.2, 0.25) is 5.91 Å². The number of fused-ring (bicyclic) bond motifs is 3. The fourth-order valence-electron chi connectivity index (χ4n) is 4.21. The minimum atomic E-state index is -0.874. The van der Waals surface area contributed by atoms with Gasteiger partial charge in [-0.2, -0.15) is 0 Å². The van der Waals surface area contributed by atoms with Crippen molar-refractivity contribution in [3.63, 3.8) is 0 Å². The number of benzene rings is 2. The van der Waals surface area contributed by atoms with Gasteiger partial charge in [0.05, 0.1) is 17.9 Å². The fourth-order valence-corrected chi connectivity index (χ4v) is 4.21. The summed E-state index contributed by atoms with van der Waals surface area (Å²) in [7, 11) is 0. The lowest BCUT2D eigenvalue weighted by molar-refractivity contribution is -0.125. The number of hydrogen-bond donors (Lipinski definition) is 0. The van der Waals surface area contributed by atoms with E-state index in [1.54, 1.807) is 17.0 Å². The van der Waals surface area contributed by atoms with Gasteiger partial charge in [-0.25, -0.2) is 4.79 Å². The summed E-state index contributed by atoms with van der Waals surface area (Å²) in [5.41, 5.74) is 1.25. The van der Waals surface area contributed by atoms with Crippen LogP contribution >= 0.6 is 0 Å². The molecule has 0 N–H and O–H groups in total. The average molecular weight is 393 g/mol. The van der Waals surface area contributed by atoms with Crippen molar-refractivity contribution in [1.82, 2.24) is 0 Å². The molecule has 5 heteroatoms. The van der Waals surface area contributed by atoms with Crippen LogP contribution < -0.4 is 4.90 Å². The van der Waals surface area contributed by atoms with Crippen molar-refractivity contribution in [2.75, 3.05) is 4.90 Å². The number of nitrogens with zero attached hydrogens (tertiary/aromatic N) is 1. The van der Waals surface area contributed by atoms with E-state index >= 15 is 0 Å². The van der Waals surface area contributed by atoms with Crippen LogP contribution in [0, 0.1) is 5.41 Å². The highest BCUT2D eigenvalue weighted by Gasteiger charge is 2.59. The first-order valence-corrected chi connectivity index (χ1v) is 9.94. The van der Waals surface area contributed by atoms with Gasteiger partial charge in [-0.05, 0) is 39.0 Å². The Balaban J connectivity index is 1.75.